The fourth-order valence-electron chi connectivity index (χ4n) is 0.940. The lowest BCUT2D eigenvalue weighted by Crippen LogP contribution is -2.04. The Kier molecular flexibility index (Phi) is 2.36. The predicted octanol–water partition coefficient (Wildman–Crippen LogP) is 1.42. The van der Waals surface area contributed by atoms with Gasteiger partial charge >= 0.3 is 0 Å². The van der Waals surface area contributed by atoms with Crippen LogP contribution in [-0.4, -0.2) is 11.6 Å². The number of hydrogen-bond acceptors (Lipinski definition) is 2. The highest BCUT2D eigenvalue weighted by atomic mass is 16.1. The molecule has 0 radical (unpaired) electrons. The summed E-state index contributed by atoms with van der Waals surface area (Å²) >= 11 is 0. The fraction of sp³-hybridized carbons (Fsp3) is 0.333. The largest absolute Gasteiger partial charge is 0.295 e. The highest BCUT2D eigenvalue weighted by Gasteiger charge is 2.08. The van der Waals surface area contributed by atoms with Gasteiger partial charge in [0.15, 0.2) is 11.6 Å². The first-order chi connectivity index (χ1) is 5.24. The molecule has 0 bridgehead atoms. The van der Waals surface area contributed by atoms with Crippen molar-refractivity contribution < 1.29 is 9.59 Å². The summed E-state index contributed by atoms with van der Waals surface area (Å²) in [5.41, 5.74) is 0.673. The number of ketones is 2. The third-order valence-electron chi connectivity index (χ3n) is 1.62. The smallest absolute Gasteiger partial charge is 0.162 e. The second-order valence-corrected chi connectivity index (χ2v) is 2.44. The van der Waals surface area contributed by atoms with Gasteiger partial charge in [0.05, 0.1) is 0 Å². The molecule has 0 aromatic rings. The molecule has 0 saturated carbocycles. The van der Waals surface area contributed by atoms with Crippen LogP contribution in [0.4, 0.5) is 0 Å². The summed E-state index contributed by atoms with van der Waals surface area (Å²) in [6.45, 7) is 1.81. The van der Waals surface area contributed by atoms with Crippen molar-refractivity contribution >= 4 is 11.6 Å². The highest BCUT2D eigenvalue weighted by Crippen LogP contribution is 2.09. The van der Waals surface area contributed by atoms with E-state index >= 15 is 0 Å². The Balaban J connectivity index is 2.70. The van der Waals surface area contributed by atoms with Crippen LogP contribution >= 0.6 is 0 Å². The molecule has 0 saturated heterocycles. The molecule has 0 aliphatic heterocycles. The van der Waals surface area contributed by atoms with Gasteiger partial charge in [-0.1, -0.05) is 13.0 Å². The minimum atomic E-state index is 0.0673. The van der Waals surface area contributed by atoms with Crippen LogP contribution < -0.4 is 0 Å². The first-order valence-electron chi connectivity index (χ1n) is 3.68. The molecule has 0 aromatic heterocycles. The van der Waals surface area contributed by atoms with E-state index in [1.165, 1.54) is 6.08 Å². The molecule has 58 valence electrons. The Morgan fingerprint density at radius 3 is 2.73 bits per heavy atom. The maximum Gasteiger partial charge on any atom is 0.162 e. The monoisotopic (exact) mass is 150 g/mol. The molecule has 1 aliphatic carbocycles. The van der Waals surface area contributed by atoms with Gasteiger partial charge in [-0.2, -0.15) is 0 Å². The number of hydrogen-bond donors (Lipinski definition) is 0. The summed E-state index contributed by atoms with van der Waals surface area (Å²) in [7, 11) is 0. The molecule has 0 atom stereocenters. The molecular formula is C9H10O2. The summed E-state index contributed by atoms with van der Waals surface area (Å²) in [6.07, 6.45) is 5.62. The number of carbonyl (C=O) groups is 2. The molecule has 0 fully saturated rings. The van der Waals surface area contributed by atoms with Crippen molar-refractivity contribution in [2.45, 2.75) is 19.8 Å². The summed E-state index contributed by atoms with van der Waals surface area (Å²) in [5, 5.41) is 0. The Morgan fingerprint density at radius 1 is 1.55 bits per heavy atom. The number of rotatable bonds is 2. The quantitative estimate of drug-likeness (QED) is 0.596. The van der Waals surface area contributed by atoms with Crippen molar-refractivity contribution in [3.05, 3.63) is 23.8 Å². The van der Waals surface area contributed by atoms with Crippen molar-refractivity contribution in [1.82, 2.24) is 0 Å². The molecule has 2 heteroatoms. The lowest BCUT2D eigenvalue weighted by molar-refractivity contribution is -0.115. The molecule has 0 heterocycles. The molecule has 0 amide bonds. The molecule has 0 N–H and O–H groups in total. The topological polar surface area (TPSA) is 34.1 Å². The van der Waals surface area contributed by atoms with Crippen LogP contribution in [0.2, 0.25) is 0 Å². The van der Waals surface area contributed by atoms with Gasteiger partial charge in [0.2, 0.25) is 0 Å². The SMILES string of the molecule is CCC(=O)C1=CCC(=O)C=C1. The van der Waals surface area contributed by atoms with Crippen LogP contribution in [0.3, 0.4) is 0 Å². The van der Waals surface area contributed by atoms with Crippen LogP contribution in [0.5, 0.6) is 0 Å². The van der Waals surface area contributed by atoms with Crippen LogP contribution in [0, 0.1) is 0 Å². The average molecular weight is 150 g/mol. The maximum absolute atomic E-state index is 11.0. The minimum Gasteiger partial charge on any atom is -0.295 e. The zero-order valence-corrected chi connectivity index (χ0v) is 6.46. The molecule has 1 aliphatic rings. The van der Waals surface area contributed by atoms with Gasteiger partial charge in [0.1, 0.15) is 0 Å². The van der Waals surface area contributed by atoms with Gasteiger partial charge in [0, 0.05) is 18.4 Å². The van der Waals surface area contributed by atoms with Crippen LogP contribution in [-0.2, 0) is 9.59 Å². The van der Waals surface area contributed by atoms with Gasteiger partial charge in [-0.3, -0.25) is 9.59 Å². The fourth-order valence-corrected chi connectivity index (χ4v) is 0.940. The van der Waals surface area contributed by atoms with E-state index in [-0.39, 0.29) is 11.6 Å². The van der Waals surface area contributed by atoms with Crippen LogP contribution in [0.1, 0.15) is 19.8 Å². The zero-order chi connectivity index (χ0) is 8.27. The third-order valence-corrected chi connectivity index (χ3v) is 1.62. The molecule has 2 nitrogen and oxygen atoms in total. The summed E-state index contributed by atoms with van der Waals surface area (Å²) in [6, 6.07) is 0. The van der Waals surface area contributed by atoms with Gasteiger partial charge in [0.25, 0.3) is 0 Å². The second kappa shape index (κ2) is 3.28. The number of Topliss-reactive ketones (excluding diaryl/α,β-unsaturated/α-hetero) is 1. The predicted molar refractivity (Wildman–Crippen MR) is 42.1 cm³/mol. The van der Waals surface area contributed by atoms with Crippen LogP contribution in [0.15, 0.2) is 23.8 Å². The average Bonchev–Trinajstić information content (AvgIpc) is 2.05. The Hall–Kier alpha value is -1.18. The van der Waals surface area contributed by atoms with Crippen LogP contribution in [0.25, 0.3) is 0 Å². The van der Waals surface area contributed by atoms with E-state index in [2.05, 4.69) is 0 Å². The first-order valence-corrected chi connectivity index (χ1v) is 3.68. The van der Waals surface area contributed by atoms with E-state index in [1.54, 1.807) is 12.2 Å². The summed E-state index contributed by atoms with van der Waals surface area (Å²) < 4.78 is 0. The van der Waals surface area contributed by atoms with Crippen molar-refractivity contribution in [1.29, 1.82) is 0 Å². The molecular weight excluding hydrogens is 140 g/mol. The molecule has 11 heavy (non-hydrogen) atoms. The van der Waals surface area contributed by atoms with E-state index in [0.717, 1.165) is 0 Å². The number of allylic oxidation sites excluding steroid dienone is 4. The Labute approximate surface area is 65.6 Å². The maximum atomic E-state index is 11.0. The molecule has 0 unspecified atom stereocenters. The van der Waals surface area contributed by atoms with E-state index in [4.69, 9.17) is 0 Å². The number of carbonyl (C=O) groups excluding carboxylic acids is 2. The van der Waals surface area contributed by atoms with Crippen molar-refractivity contribution in [3.8, 4) is 0 Å². The molecule has 0 aromatic carbocycles. The minimum absolute atomic E-state index is 0.0673. The highest BCUT2D eigenvalue weighted by molar-refractivity contribution is 6.03. The first kappa shape index (κ1) is 7.92. The summed E-state index contributed by atoms with van der Waals surface area (Å²) in [4.78, 5) is 21.7. The van der Waals surface area contributed by atoms with E-state index < -0.39 is 0 Å². The van der Waals surface area contributed by atoms with Gasteiger partial charge in [-0.15, -0.1) is 0 Å². The lowest BCUT2D eigenvalue weighted by Gasteiger charge is -2.02. The van der Waals surface area contributed by atoms with E-state index in [1.807, 2.05) is 6.92 Å². The zero-order valence-electron chi connectivity index (χ0n) is 6.46. The van der Waals surface area contributed by atoms with Gasteiger partial charge in [-0.25, -0.2) is 0 Å². The molecule has 1 rings (SSSR count). The second-order valence-electron chi connectivity index (χ2n) is 2.44. The van der Waals surface area contributed by atoms with Crippen molar-refractivity contribution in [3.63, 3.8) is 0 Å². The van der Waals surface area contributed by atoms with Gasteiger partial charge in [-0.05, 0) is 12.2 Å². The van der Waals surface area contributed by atoms with Gasteiger partial charge < -0.3 is 0 Å². The van der Waals surface area contributed by atoms with E-state index in [0.29, 0.717) is 18.4 Å². The lowest BCUT2D eigenvalue weighted by atomic mass is 10.0. The van der Waals surface area contributed by atoms with Crippen molar-refractivity contribution in [2.24, 2.45) is 0 Å². The van der Waals surface area contributed by atoms with Crippen molar-refractivity contribution in [2.75, 3.05) is 0 Å². The Morgan fingerprint density at radius 2 is 2.27 bits per heavy atom. The standard InChI is InChI=1S/C9H10O2/c1-2-9(11)7-3-5-8(10)6-4-7/h3-5H,2,6H2,1H3. The molecule has 0 spiro atoms. The third kappa shape index (κ3) is 1.87. The normalized spacial score (nSPS) is 16.5. The summed E-state index contributed by atoms with van der Waals surface area (Å²) in [5.74, 6) is 0.173. The van der Waals surface area contributed by atoms with E-state index in [9.17, 15) is 9.59 Å². The Bertz CT molecular complexity index is 246.